The van der Waals surface area contributed by atoms with Crippen LogP contribution in [0.3, 0.4) is 0 Å². The lowest BCUT2D eigenvalue weighted by molar-refractivity contribution is 0.0632. The molecule has 0 N–H and O–H groups in total. The quantitative estimate of drug-likeness (QED) is 0.643. The summed E-state index contributed by atoms with van der Waals surface area (Å²) in [5.74, 6) is 0.568. The van der Waals surface area contributed by atoms with E-state index in [4.69, 9.17) is 16.3 Å². The zero-order valence-corrected chi connectivity index (χ0v) is 12.8. The molecule has 2 aromatic carbocycles. The number of rotatable bonds is 5. The van der Waals surface area contributed by atoms with Crippen LogP contribution in [0.5, 0.6) is 5.75 Å². The van der Waals surface area contributed by atoms with Crippen LogP contribution in [-0.4, -0.2) is 9.55 Å². The monoisotopic (exact) mass is 334 g/mol. The summed E-state index contributed by atoms with van der Waals surface area (Å²) in [6, 6.07) is 15.2. The number of halogens is 3. The van der Waals surface area contributed by atoms with Crippen LogP contribution in [0.1, 0.15) is 12.4 Å². The molecule has 118 valence electrons. The third kappa shape index (κ3) is 3.51. The molecule has 0 unspecified atom stereocenters. The van der Waals surface area contributed by atoms with Gasteiger partial charge in [0.2, 0.25) is 0 Å². The van der Waals surface area contributed by atoms with Gasteiger partial charge in [-0.3, -0.25) is 4.57 Å². The zero-order valence-electron chi connectivity index (χ0n) is 12.0. The maximum atomic E-state index is 12.7. The fourth-order valence-corrected chi connectivity index (χ4v) is 2.44. The molecular weight excluding hydrogens is 322 g/mol. The second-order valence-electron chi connectivity index (χ2n) is 4.83. The van der Waals surface area contributed by atoms with Crippen LogP contribution in [0.25, 0.3) is 11.1 Å². The van der Waals surface area contributed by atoms with E-state index in [1.807, 2.05) is 36.4 Å². The molecule has 0 amide bonds. The first-order chi connectivity index (χ1) is 11.1. The van der Waals surface area contributed by atoms with E-state index in [1.54, 1.807) is 12.1 Å². The highest BCUT2D eigenvalue weighted by Gasteiger charge is 2.12. The number of alkyl halides is 2. The lowest BCUT2D eigenvalue weighted by atomic mass is 10.1. The normalized spacial score (nSPS) is 11.0. The van der Waals surface area contributed by atoms with Crippen molar-refractivity contribution in [2.24, 2.45) is 0 Å². The maximum absolute atomic E-state index is 12.7. The molecule has 3 nitrogen and oxygen atoms in total. The van der Waals surface area contributed by atoms with Gasteiger partial charge < -0.3 is 4.74 Å². The third-order valence-electron chi connectivity index (χ3n) is 3.35. The van der Waals surface area contributed by atoms with Crippen molar-refractivity contribution in [2.45, 2.75) is 13.2 Å². The van der Waals surface area contributed by atoms with E-state index in [9.17, 15) is 8.78 Å². The maximum Gasteiger partial charge on any atom is 0.320 e. The van der Waals surface area contributed by atoms with Crippen LogP contribution in [0, 0.1) is 0 Å². The van der Waals surface area contributed by atoms with Gasteiger partial charge >= 0.3 is 6.55 Å². The number of imidazole rings is 1. The van der Waals surface area contributed by atoms with E-state index in [1.165, 1.54) is 12.4 Å². The minimum atomic E-state index is -2.65. The summed E-state index contributed by atoms with van der Waals surface area (Å²) in [5.41, 5.74) is 1.99. The van der Waals surface area contributed by atoms with Gasteiger partial charge in [0.15, 0.2) is 5.82 Å². The Balaban J connectivity index is 1.75. The molecule has 0 saturated carbocycles. The van der Waals surface area contributed by atoms with Crippen molar-refractivity contribution in [1.82, 2.24) is 9.55 Å². The molecule has 6 heteroatoms. The van der Waals surface area contributed by atoms with E-state index < -0.39 is 6.55 Å². The van der Waals surface area contributed by atoms with Crippen molar-refractivity contribution in [1.29, 1.82) is 0 Å². The molecule has 1 aromatic heterocycles. The highest BCUT2D eigenvalue weighted by molar-refractivity contribution is 6.32. The Labute approximate surface area is 137 Å². The van der Waals surface area contributed by atoms with E-state index >= 15 is 0 Å². The van der Waals surface area contributed by atoms with Crippen molar-refractivity contribution in [2.75, 3.05) is 0 Å². The molecule has 0 radical (unpaired) electrons. The first-order valence-corrected chi connectivity index (χ1v) is 7.30. The zero-order chi connectivity index (χ0) is 16.2. The molecule has 0 aliphatic rings. The molecule has 23 heavy (non-hydrogen) atoms. The molecule has 0 aliphatic heterocycles. The molecule has 0 spiro atoms. The predicted octanol–water partition coefficient (Wildman–Crippen LogP) is 5.18. The Morgan fingerprint density at radius 1 is 1.09 bits per heavy atom. The average Bonchev–Trinajstić information content (AvgIpc) is 3.03. The van der Waals surface area contributed by atoms with Crippen molar-refractivity contribution in [3.05, 3.63) is 71.8 Å². The Hall–Kier alpha value is -2.40. The van der Waals surface area contributed by atoms with Crippen molar-refractivity contribution in [3.8, 4) is 16.9 Å². The van der Waals surface area contributed by atoms with Gasteiger partial charge in [-0.25, -0.2) is 4.98 Å². The molecule has 0 aliphatic carbocycles. The molecule has 0 saturated heterocycles. The van der Waals surface area contributed by atoms with Crippen molar-refractivity contribution >= 4 is 11.6 Å². The number of nitrogens with zero attached hydrogens (tertiary/aromatic N) is 2. The predicted molar refractivity (Wildman–Crippen MR) is 84.7 cm³/mol. The highest BCUT2D eigenvalue weighted by atomic mass is 35.5. The minimum Gasteiger partial charge on any atom is -0.484 e. The number of benzene rings is 2. The van der Waals surface area contributed by atoms with Gasteiger partial charge in [-0.15, -0.1) is 0 Å². The highest BCUT2D eigenvalue weighted by Crippen LogP contribution is 2.31. The van der Waals surface area contributed by atoms with Crippen LogP contribution in [0.4, 0.5) is 8.78 Å². The summed E-state index contributed by atoms with van der Waals surface area (Å²) in [4.78, 5) is 3.86. The fraction of sp³-hybridized carbons (Fsp3) is 0.118. The molecule has 0 bridgehead atoms. The van der Waals surface area contributed by atoms with Crippen LogP contribution in [0.2, 0.25) is 5.02 Å². The molecular formula is C17H13ClF2N2O. The van der Waals surface area contributed by atoms with E-state index in [0.29, 0.717) is 10.8 Å². The minimum absolute atomic E-state index is 0.0816. The Kier molecular flexibility index (Phi) is 4.57. The number of hydrogen-bond acceptors (Lipinski definition) is 2. The van der Waals surface area contributed by atoms with E-state index in [2.05, 4.69) is 4.98 Å². The lowest BCUT2D eigenvalue weighted by Gasteiger charge is -2.11. The number of hydrogen-bond donors (Lipinski definition) is 0. The molecule has 0 atom stereocenters. The summed E-state index contributed by atoms with van der Waals surface area (Å²) in [6.07, 6.45) is 2.52. The van der Waals surface area contributed by atoms with E-state index in [-0.39, 0.29) is 12.4 Å². The number of ether oxygens (including phenoxy) is 1. The average molecular weight is 335 g/mol. The summed E-state index contributed by atoms with van der Waals surface area (Å²) in [7, 11) is 0. The molecule has 3 aromatic rings. The SMILES string of the molecule is FC(F)n1ccnc1COc1ccc(-c2ccccc2)cc1Cl. The van der Waals surface area contributed by atoms with Crippen LogP contribution < -0.4 is 4.74 Å². The second-order valence-corrected chi connectivity index (χ2v) is 5.24. The van der Waals surface area contributed by atoms with Gasteiger partial charge in [-0.2, -0.15) is 8.78 Å². The molecule has 1 heterocycles. The molecule has 3 rings (SSSR count). The largest absolute Gasteiger partial charge is 0.484 e. The van der Waals surface area contributed by atoms with Gasteiger partial charge in [0, 0.05) is 12.4 Å². The lowest BCUT2D eigenvalue weighted by Crippen LogP contribution is -2.07. The van der Waals surface area contributed by atoms with Gasteiger partial charge in [-0.1, -0.05) is 48.0 Å². The van der Waals surface area contributed by atoms with Crippen LogP contribution in [-0.2, 0) is 6.61 Å². The molecule has 0 fully saturated rings. The second kappa shape index (κ2) is 6.79. The topological polar surface area (TPSA) is 27.1 Å². The van der Waals surface area contributed by atoms with Gasteiger partial charge in [0.1, 0.15) is 12.4 Å². The number of aromatic nitrogens is 2. The van der Waals surface area contributed by atoms with Crippen molar-refractivity contribution in [3.63, 3.8) is 0 Å². The standard InChI is InChI=1S/C17H13ClF2N2O/c18-14-10-13(12-4-2-1-3-5-12)6-7-15(14)23-11-16-21-8-9-22(16)17(19)20/h1-10,17H,11H2. The summed E-state index contributed by atoms with van der Waals surface area (Å²) in [6.45, 7) is -2.73. The Morgan fingerprint density at radius 2 is 1.87 bits per heavy atom. The van der Waals surface area contributed by atoms with Crippen molar-refractivity contribution < 1.29 is 13.5 Å². The van der Waals surface area contributed by atoms with Crippen LogP contribution >= 0.6 is 11.6 Å². The smallest absolute Gasteiger partial charge is 0.320 e. The summed E-state index contributed by atoms with van der Waals surface area (Å²) in [5, 5.41) is 0.418. The summed E-state index contributed by atoms with van der Waals surface area (Å²) >= 11 is 6.22. The summed E-state index contributed by atoms with van der Waals surface area (Å²) < 4.78 is 31.8. The first-order valence-electron chi connectivity index (χ1n) is 6.93. The van der Waals surface area contributed by atoms with E-state index in [0.717, 1.165) is 15.7 Å². The Morgan fingerprint density at radius 3 is 2.57 bits per heavy atom. The first kappa shape index (κ1) is 15.5. The fourth-order valence-electron chi connectivity index (χ4n) is 2.20. The van der Waals surface area contributed by atoms with Gasteiger partial charge in [0.05, 0.1) is 5.02 Å². The van der Waals surface area contributed by atoms with Gasteiger partial charge in [-0.05, 0) is 23.3 Å². The third-order valence-corrected chi connectivity index (χ3v) is 3.65. The van der Waals surface area contributed by atoms with Gasteiger partial charge in [0.25, 0.3) is 0 Å². The Bertz CT molecular complexity index is 790. The van der Waals surface area contributed by atoms with Crippen LogP contribution in [0.15, 0.2) is 60.9 Å².